The molecule has 4 heteroatoms. The molecule has 0 radical (unpaired) electrons. The van der Waals surface area contributed by atoms with Gasteiger partial charge in [0.05, 0.1) is 19.9 Å². The van der Waals surface area contributed by atoms with Crippen LogP contribution in [-0.2, 0) is 6.61 Å². The summed E-state index contributed by atoms with van der Waals surface area (Å²) >= 11 is 0. The summed E-state index contributed by atoms with van der Waals surface area (Å²) in [4.78, 5) is 3.79. The maximum Gasteiger partial charge on any atom is 0.142 e. The van der Waals surface area contributed by atoms with Crippen LogP contribution in [0.2, 0.25) is 0 Å². The molecule has 0 bridgehead atoms. The maximum absolute atomic E-state index is 13.0. The lowest BCUT2D eigenvalue weighted by Crippen LogP contribution is -1.93. The molecular formula is C13H12FNO2. The van der Waals surface area contributed by atoms with E-state index in [2.05, 4.69) is 4.98 Å². The minimum atomic E-state index is -0.385. The van der Waals surface area contributed by atoms with Crippen LogP contribution in [0.3, 0.4) is 0 Å². The Morgan fingerprint density at radius 3 is 2.71 bits per heavy atom. The molecule has 0 spiro atoms. The Labute approximate surface area is 98.5 Å². The smallest absolute Gasteiger partial charge is 0.142 e. The molecule has 0 saturated heterocycles. The number of methoxy groups -OCH3 is 1. The van der Waals surface area contributed by atoms with Crippen LogP contribution in [0.25, 0.3) is 11.1 Å². The van der Waals surface area contributed by atoms with Gasteiger partial charge in [-0.05, 0) is 23.8 Å². The normalized spacial score (nSPS) is 10.3. The molecule has 0 aliphatic carbocycles. The van der Waals surface area contributed by atoms with Crippen molar-refractivity contribution in [2.24, 2.45) is 0 Å². The molecule has 0 aliphatic rings. The summed E-state index contributed by atoms with van der Waals surface area (Å²) in [7, 11) is 1.54. The fraction of sp³-hybridized carbons (Fsp3) is 0.154. The highest BCUT2D eigenvalue weighted by atomic mass is 19.1. The largest absolute Gasteiger partial charge is 0.496 e. The van der Waals surface area contributed by atoms with Crippen molar-refractivity contribution in [3.8, 4) is 16.9 Å². The van der Waals surface area contributed by atoms with Gasteiger partial charge in [-0.25, -0.2) is 4.39 Å². The Morgan fingerprint density at radius 1 is 1.24 bits per heavy atom. The van der Waals surface area contributed by atoms with Gasteiger partial charge in [0.25, 0.3) is 0 Å². The number of hydrogen-bond donors (Lipinski definition) is 1. The summed E-state index contributed by atoms with van der Waals surface area (Å²) in [6, 6.07) is 6.70. The van der Waals surface area contributed by atoms with Crippen molar-refractivity contribution in [3.63, 3.8) is 0 Å². The fourth-order valence-electron chi connectivity index (χ4n) is 1.65. The second-order valence-electron chi connectivity index (χ2n) is 3.58. The third kappa shape index (κ3) is 2.42. The number of hydrogen-bond acceptors (Lipinski definition) is 3. The van der Waals surface area contributed by atoms with E-state index in [-0.39, 0.29) is 12.4 Å². The van der Waals surface area contributed by atoms with Crippen molar-refractivity contribution < 1.29 is 14.2 Å². The van der Waals surface area contributed by atoms with Gasteiger partial charge in [-0.3, -0.25) is 4.98 Å². The van der Waals surface area contributed by atoms with Gasteiger partial charge in [-0.2, -0.15) is 0 Å². The van der Waals surface area contributed by atoms with Crippen LogP contribution in [0.15, 0.2) is 36.7 Å². The van der Waals surface area contributed by atoms with E-state index in [1.165, 1.54) is 13.2 Å². The van der Waals surface area contributed by atoms with Gasteiger partial charge in [-0.15, -0.1) is 0 Å². The van der Waals surface area contributed by atoms with Gasteiger partial charge in [0.1, 0.15) is 11.6 Å². The van der Waals surface area contributed by atoms with E-state index in [1.807, 2.05) is 0 Å². The Kier molecular flexibility index (Phi) is 3.35. The highest BCUT2D eigenvalue weighted by Crippen LogP contribution is 2.26. The van der Waals surface area contributed by atoms with Crippen LogP contribution in [0.1, 0.15) is 5.56 Å². The number of benzene rings is 1. The van der Waals surface area contributed by atoms with Crippen molar-refractivity contribution in [2.75, 3.05) is 7.11 Å². The fourth-order valence-corrected chi connectivity index (χ4v) is 1.65. The van der Waals surface area contributed by atoms with E-state index in [1.54, 1.807) is 24.4 Å². The molecule has 88 valence electrons. The maximum atomic E-state index is 13.0. The predicted molar refractivity (Wildman–Crippen MR) is 62.1 cm³/mol. The van der Waals surface area contributed by atoms with Gasteiger partial charge in [0.15, 0.2) is 0 Å². The van der Waals surface area contributed by atoms with Gasteiger partial charge in [-0.1, -0.05) is 6.07 Å². The molecule has 17 heavy (non-hydrogen) atoms. The van der Waals surface area contributed by atoms with Crippen LogP contribution in [0.4, 0.5) is 4.39 Å². The van der Waals surface area contributed by atoms with E-state index >= 15 is 0 Å². The molecule has 1 aromatic carbocycles. The number of aromatic nitrogens is 1. The van der Waals surface area contributed by atoms with Crippen molar-refractivity contribution >= 4 is 0 Å². The van der Waals surface area contributed by atoms with Crippen LogP contribution >= 0.6 is 0 Å². The minimum absolute atomic E-state index is 0.125. The molecule has 0 unspecified atom stereocenters. The first-order valence-corrected chi connectivity index (χ1v) is 5.13. The zero-order valence-electron chi connectivity index (χ0n) is 9.35. The second kappa shape index (κ2) is 4.93. The van der Waals surface area contributed by atoms with Gasteiger partial charge < -0.3 is 9.84 Å². The molecule has 2 aromatic rings. The monoisotopic (exact) mass is 233 g/mol. The number of pyridine rings is 1. The third-order valence-electron chi connectivity index (χ3n) is 2.49. The van der Waals surface area contributed by atoms with Crippen LogP contribution < -0.4 is 4.74 Å². The van der Waals surface area contributed by atoms with E-state index in [0.717, 1.165) is 11.8 Å². The minimum Gasteiger partial charge on any atom is -0.496 e. The molecule has 0 atom stereocenters. The average Bonchev–Trinajstić information content (AvgIpc) is 2.38. The third-order valence-corrected chi connectivity index (χ3v) is 2.49. The van der Waals surface area contributed by atoms with Crippen molar-refractivity contribution in [1.82, 2.24) is 4.98 Å². The van der Waals surface area contributed by atoms with E-state index < -0.39 is 0 Å². The quantitative estimate of drug-likeness (QED) is 0.885. The number of halogens is 1. The zero-order valence-corrected chi connectivity index (χ0v) is 9.35. The molecule has 0 amide bonds. The van der Waals surface area contributed by atoms with E-state index in [9.17, 15) is 9.50 Å². The molecule has 1 heterocycles. The SMILES string of the molecule is COc1ccc(-c2cncc(F)c2)cc1CO. The van der Waals surface area contributed by atoms with Crippen LogP contribution in [0, 0.1) is 5.82 Å². The highest BCUT2D eigenvalue weighted by Gasteiger charge is 2.06. The molecule has 1 aromatic heterocycles. The van der Waals surface area contributed by atoms with Crippen molar-refractivity contribution in [1.29, 1.82) is 0 Å². The molecule has 0 fully saturated rings. The van der Waals surface area contributed by atoms with Gasteiger partial charge >= 0.3 is 0 Å². The Morgan fingerprint density at radius 2 is 2.06 bits per heavy atom. The summed E-state index contributed by atoms with van der Waals surface area (Å²) in [5.74, 6) is 0.226. The lowest BCUT2D eigenvalue weighted by atomic mass is 10.0. The standard InChI is InChI=1S/C13H12FNO2/c1-17-13-3-2-9(4-11(13)8-16)10-5-12(14)7-15-6-10/h2-7,16H,8H2,1H3. The van der Waals surface area contributed by atoms with Gasteiger partial charge in [0.2, 0.25) is 0 Å². The van der Waals surface area contributed by atoms with Gasteiger partial charge in [0, 0.05) is 17.3 Å². The van der Waals surface area contributed by atoms with Crippen LogP contribution in [0.5, 0.6) is 5.75 Å². The summed E-state index contributed by atoms with van der Waals surface area (Å²) in [6.45, 7) is -0.125. The molecular weight excluding hydrogens is 221 g/mol. The van der Waals surface area contributed by atoms with Crippen LogP contribution in [-0.4, -0.2) is 17.2 Å². The second-order valence-corrected chi connectivity index (χ2v) is 3.58. The number of aliphatic hydroxyl groups is 1. The molecule has 2 rings (SSSR count). The number of ether oxygens (including phenoxy) is 1. The summed E-state index contributed by atoms with van der Waals surface area (Å²) in [5.41, 5.74) is 2.12. The molecule has 3 nitrogen and oxygen atoms in total. The summed E-state index contributed by atoms with van der Waals surface area (Å²) in [5, 5.41) is 9.21. The Bertz CT molecular complexity index is 529. The lowest BCUT2D eigenvalue weighted by Gasteiger charge is -2.08. The van der Waals surface area contributed by atoms with Crippen molar-refractivity contribution in [2.45, 2.75) is 6.61 Å². The van der Waals surface area contributed by atoms with E-state index in [0.29, 0.717) is 16.9 Å². The molecule has 0 saturated carbocycles. The Hall–Kier alpha value is -1.94. The first kappa shape index (κ1) is 11.5. The Balaban J connectivity index is 2.46. The predicted octanol–water partition coefficient (Wildman–Crippen LogP) is 2.39. The number of nitrogens with zero attached hydrogens (tertiary/aromatic N) is 1. The first-order valence-electron chi connectivity index (χ1n) is 5.13. The number of aliphatic hydroxyl groups excluding tert-OH is 1. The topological polar surface area (TPSA) is 42.4 Å². The highest BCUT2D eigenvalue weighted by molar-refractivity contribution is 5.64. The molecule has 0 aliphatic heterocycles. The molecule has 1 N–H and O–H groups in total. The van der Waals surface area contributed by atoms with E-state index in [4.69, 9.17) is 4.74 Å². The first-order chi connectivity index (χ1) is 8.24. The number of rotatable bonds is 3. The summed E-state index contributed by atoms with van der Waals surface area (Å²) in [6.07, 6.45) is 2.73. The zero-order chi connectivity index (χ0) is 12.3. The lowest BCUT2D eigenvalue weighted by molar-refractivity contribution is 0.274. The average molecular weight is 233 g/mol. The summed E-state index contributed by atoms with van der Waals surface area (Å²) < 4.78 is 18.1. The van der Waals surface area contributed by atoms with Crippen molar-refractivity contribution in [3.05, 3.63) is 48.0 Å².